The molecule has 0 radical (unpaired) electrons. The smallest absolute Gasteiger partial charge is 0.330 e. The van der Waals surface area contributed by atoms with Crippen LogP contribution in [-0.4, -0.2) is 75.4 Å². The lowest BCUT2D eigenvalue weighted by Gasteiger charge is -2.37. The third-order valence-corrected chi connectivity index (χ3v) is 5.99. The van der Waals surface area contributed by atoms with Crippen molar-refractivity contribution in [1.82, 2.24) is 9.80 Å². The van der Waals surface area contributed by atoms with Crippen molar-refractivity contribution in [3.8, 4) is 17.2 Å². The van der Waals surface area contributed by atoms with Gasteiger partial charge >= 0.3 is 5.97 Å². The molecule has 7 heteroatoms. The summed E-state index contributed by atoms with van der Waals surface area (Å²) in [6, 6.07) is 13.4. The van der Waals surface area contributed by atoms with E-state index in [0.717, 1.165) is 32.6 Å². The molecule has 1 fully saturated rings. The second kappa shape index (κ2) is 10.1. The van der Waals surface area contributed by atoms with Crippen molar-refractivity contribution in [3.63, 3.8) is 0 Å². The number of fused-ring (bicyclic) bond motifs is 1. The summed E-state index contributed by atoms with van der Waals surface area (Å²) in [5.41, 5.74) is 2.62. The highest BCUT2D eigenvalue weighted by Crippen LogP contribution is 2.37. The van der Waals surface area contributed by atoms with Crippen LogP contribution in [0.25, 0.3) is 0 Å². The van der Waals surface area contributed by atoms with Crippen LogP contribution in [0.4, 0.5) is 0 Å². The number of hydrogen-bond donors (Lipinski definition) is 0. The van der Waals surface area contributed by atoms with Gasteiger partial charge in [-0.25, -0.2) is 4.79 Å². The van der Waals surface area contributed by atoms with Crippen molar-refractivity contribution in [1.29, 1.82) is 0 Å². The third kappa shape index (κ3) is 5.01. The summed E-state index contributed by atoms with van der Waals surface area (Å²) < 4.78 is 22.2. The van der Waals surface area contributed by atoms with E-state index >= 15 is 0 Å². The van der Waals surface area contributed by atoms with E-state index in [1.54, 1.807) is 26.4 Å². The lowest BCUT2D eigenvalue weighted by Crippen LogP contribution is -2.53. The van der Waals surface area contributed by atoms with Gasteiger partial charge in [0.05, 0.1) is 27.4 Å². The number of hydrogen-bond acceptors (Lipinski definition) is 7. The molecule has 2 aromatic rings. The number of methoxy groups -OCH3 is 2. The van der Waals surface area contributed by atoms with Crippen LogP contribution in [0.3, 0.4) is 0 Å². The zero-order chi connectivity index (χ0) is 21.6. The lowest BCUT2D eigenvalue weighted by molar-refractivity contribution is -0.142. The van der Waals surface area contributed by atoms with E-state index in [0.29, 0.717) is 37.0 Å². The van der Waals surface area contributed by atoms with Gasteiger partial charge in [0.1, 0.15) is 6.04 Å². The highest BCUT2D eigenvalue weighted by Gasteiger charge is 2.33. The summed E-state index contributed by atoms with van der Waals surface area (Å²) in [6.07, 6.45) is 0.918. The maximum Gasteiger partial charge on any atom is 0.330 e. The van der Waals surface area contributed by atoms with Crippen molar-refractivity contribution in [2.24, 2.45) is 0 Å². The normalized spacial score (nSPS) is 18.1. The predicted octanol–water partition coefficient (Wildman–Crippen LogP) is 2.37. The third-order valence-electron chi connectivity index (χ3n) is 5.99. The molecule has 0 aliphatic carbocycles. The van der Waals surface area contributed by atoms with Crippen LogP contribution in [0, 0.1) is 0 Å². The number of rotatable bonds is 7. The molecule has 2 heterocycles. The molecule has 1 saturated heterocycles. The fourth-order valence-corrected chi connectivity index (χ4v) is 4.24. The first kappa shape index (κ1) is 21.6. The van der Waals surface area contributed by atoms with Crippen LogP contribution < -0.4 is 14.2 Å². The summed E-state index contributed by atoms with van der Waals surface area (Å²) in [4.78, 5) is 18.0. The molecule has 0 spiro atoms. The molecule has 2 aliphatic rings. The Balaban J connectivity index is 1.58. The quantitative estimate of drug-likeness (QED) is 0.498. The Hall–Kier alpha value is -2.61. The number of benzene rings is 2. The van der Waals surface area contributed by atoms with Gasteiger partial charge in [-0.1, -0.05) is 30.3 Å². The Kier molecular flexibility index (Phi) is 7.06. The zero-order valence-corrected chi connectivity index (χ0v) is 18.2. The highest BCUT2D eigenvalue weighted by atomic mass is 16.6. The second-order valence-corrected chi connectivity index (χ2v) is 7.83. The Bertz CT molecular complexity index is 875. The molecule has 166 valence electrons. The van der Waals surface area contributed by atoms with Crippen molar-refractivity contribution in [2.75, 3.05) is 53.6 Å². The van der Waals surface area contributed by atoms with Crippen molar-refractivity contribution in [3.05, 3.63) is 53.6 Å². The van der Waals surface area contributed by atoms with Crippen molar-refractivity contribution < 1.29 is 23.7 Å². The topological polar surface area (TPSA) is 60.5 Å². The monoisotopic (exact) mass is 426 g/mol. The fourth-order valence-electron chi connectivity index (χ4n) is 4.24. The molecule has 0 saturated carbocycles. The first-order chi connectivity index (χ1) is 15.2. The Morgan fingerprint density at radius 2 is 1.65 bits per heavy atom. The van der Waals surface area contributed by atoms with E-state index in [9.17, 15) is 4.79 Å². The van der Waals surface area contributed by atoms with Gasteiger partial charge in [0.2, 0.25) is 5.75 Å². The van der Waals surface area contributed by atoms with E-state index in [-0.39, 0.29) is 5.97 Å². The molecule has 4 rings (SSSR count). The first-order valence-corrected chi connectivity index (χ1v) is 10.7. The first-order valence-electron chi connectivity index (χ1n) is 10.7. The Morgan fingerprint density at radius 1 is 0.968 bits per heavy atom. The minimum atomic E-state index is -0.402. The van der Waals surface area contributed by atoms with Gasteiger partial charge in [-0.2, -0.15) is 0 Å². The largest absolute Gasteiger partial charge is 0.493 e. The summed E-state index contributed by atoms with van der Waals surface area (Å²) in [6.45, 7) is 5.13. The molecule has 31 heavy (non-hydrogen) atoms. The maximum atomic E-state index is 13.5. The van der Waals surface area contributed by atoms with E-state index in [2.05, 4.69) is 34.1 Å². The number of carbonyl (C=O) groups is 1. The molecule has 0 aromatic heterocycles. The SMILES string of the molecule is COc1cccc(OC)c1OC(=O)C(CN1CCOCC1)N1CCc2ccccc2C1. The zero-order valence-electron chi connectivity index (χ0n) is 18.2. The molecule has 7 nitrogen and oxygen atoms in total. The van der Waals surface area contributed by atoms with Gasteiger partial charge < -0.3 is 18.9 Å². The standard InChI is InChI=1S/C24H30N2O5/c1-28-21-8-5-9-22(29-2)23(21)31-24(27)20(17-25-12-14-30-15-13-25)26-11-10-18-6-3-4-7-19(18)16-26/h3-9,20H,10-17H2,1-2H3. The summed E-state index contributed by atoms with van der Waals surface area (Å²) in [5.74, 6) is 0.971. The van der Waals surface area contributed by atoms with Crippen LogP contribution in [0.5, 0.6) is 17.2 Å². The summed E-state index contributed by atoms with van der Waals surface area (Å²) in [5, 5.41) is 0. The van der Waals surface area contributed by atoms with E-state index < -0.39 is 6.04 Å². The summed E-state index contributed by atoms with van der Waals surface area (Å²) in [7, 11) is 3.11. The molecule has 2 aliphatic heterocycles. The van der Waals surface area contributed by atoms with Gasteiger partial charge in [0, 0.05) is 32.7 Å². The number of nitrogens with zero attached hydrogens (tertiary/aromatic N) is 2. The van der Waals surface area contributed by atoms with E-state index in [4.69, 9.17) is 18.9 Å². The molecule has 0 amide bonds. The number of para-hydroxylation sites is 1. The number of morpholine rings is 1. The Labute approximate surface area is 183 Å². The average Bonchev–Trinajstić information content (AvgIpc) is 2.83. The molecular formula is C24H30N2O5. The van der Waals surface area contributed by atoms with E-state index in [1.807, 2.05) is 6.07 Å². The number of ether oxygens (including phenoxy) is 4. The van der Waals surface area contributed by atoms with Crippen LogP contribution in [0.1, 0.15) is 11.1 Å². The lowest BCUT2D eigenvalue weighted by atomic mass is 9.98. The highest BCUT2D eigenvalue weighted by molar-refractivity contribution is 5.80. The number of esters is 1. The average molecular weight is 427 g/mol. The minimum absolute atomic E-state index is 0.298. The Morgan fingerprint density at radius 3 is 2.32 bits per heavy atom. The maximum absolute atomic E-state index is 13.5. The van der Waals surface area contributed by atoms with Crippen LogP contribution >= 0.6 is 0 Å². The van der Waals surface area contributed by atoms with Gasteiger partial charge in [0.25, 0.3) is 0 Å². The molecule has 0 N–H and O–H groups in total. The molecule has 2 aromatic carbocycles. The van der Waals surface area contributed by atoms with Gasteiger partial charge in [-0.15, -0.1) is 0 Å². The van der Waals surface area contributed by atoms with Gasteiger partial charge in [0.15, 0.2) is 11.5 Å². The second-order valence-electron chi connectivity index (χ2n) is 7.83. The number of carbonyl (C=O) groups excluding carboxylic acids is 1. The predicted molar refractivity (Wildman–Crippen MR) is 117 cm³/mol. The van der Waals surface area contributed by atoms with Crippen LogP contribution in [0.2, 0.25) is 0 Å². The van der Waals surface area contributed by atoms with E-state index in [1.165, 1.54) is 11.1 Å². The molecular weight excluding hydrogens is 396 g/mol. The van der Waals surface area contributed by atoms with Crippen LogP contribution in [0.15, 0.2) is 42.5 Å². The molecule has 1 atom stereocenters. The minimum Gasteiger partial charge on any atom is -0.493 e. The summed E-state index contributed by atoms with van der Waals surface area (Å²) >= 11 is 0. The van der Waals surface area contributed by atoms with Gasteiger partial charge in [-0.3, -0.25) is 9.80 Å². The molecule has 1 unspecified atom stereocenters. The van der Waals surface area contributed by atoms with Crippen LogP contribution in [-0.2, 0) is 22.5 Å². The fraction of sp³-hybridized carbons (Fsp3) is 0.458. The molecule has 0 bridgehead atoms. The van der Waals surface area contributed by atoms with Gasteiger partial charge in [-0.05, 0) is 29.7 Å². The van der Waals surface area contributed by atoms with Crippen molar-refractivity contribution >= 4 is 5.97 Å². The van der Waals surface area contributed by atoms with Crippen molar-refractivity contribution in [2.45, 2.75) is 19.0 Å².